The van der Waals surface area contributed by atoms with Crippen LogP contribution in [0.3, 0.4) is 0 Å². The molecule has 0 aliphatic heterocycles. The molecule has 3 heteroatoms. The van der Waals surface area contributed by atoms with Gasteiger partial charge in [-0.05, 0) is 24.5 Å². The zero-order chi connectivity index (χ0) is 12.7. The maximum atomic E-state index is 7.32. The topological polar surface area (TPSA) is 53.1 Å². The summed E-state index contributed by atoms with van der Waals surface area (Å²) in [6.07, 6.45) is 1.79. The quantitative estimate of drug-likeness (QED) is 0.562. The van der Waals surface area contributed by atoms with Crippen molar-refractivity contribution in [2.24, 2.45) is 11.7 Å². The zero-order valence-electron chi connectivity index (χ0n) is 10.8. The first kappa shape index (κ1) is 13.6. The normalized spacial score (nSPS) is 10.5. The monoisotopic (exact) mass is 233 g/mol. The van der Waals surface area contributed by atoms with E-state index < -0.39 is 0 Å². The molecule has 0 radical (unpaired) electrons. The predicted molar refractivity (Wildman–Crippen MR) is 74.6 cm³/mol. The number of amidine groups is 1. The first-order chi connectivity index (χ1) is 8.09. The highest BCUT2D eigenvalue weighted by Crippen LogP contribution is 2.15. The van der Waals surface area contributed by atoms with E-state index in [0.717, 1.165) is 19.5 Å². The van der Waals surface area contributed by atoms with Crippen LogP contribution in [0.25, 0.3) is 0 Å². The van der Waals surface area contributed by atoms with Crippen molar-refractivity contribution in [3.63, 3.8) is 0 Å². The highest BCUT2D eigenvalue weighted by Gasteiger charge is 2.07. The highest BCUT2D eigenvalue weighted by atomic mass is 15.1. The third-order valence-electron chi connectivity index (χ3n) is 2.75. The van der Waals surface area contributed by atoms with Crippen molar-refractivity contribution in [1.29, 1.82) is 5.41 Å². The molecular weight excluding hydrogens is 210 g/mol. The largest absolute Gasteiger partial charge is 0.388 e. The lowest BCUT2D eigenvalue weighted by molar-refractivity contribution is 0.574. The number of nitrogens with zero attached hydrogens (tertiary/aromatic N) is 1. The van der Waals surface area contributed by atoms with E-state index in [1.54, 1.807) is 0 Å². The van der Waals surface area contributed by atoms with Gasteiger partial charge in [-0.1, -0.05) is 32.0 Å². The van der Waals surface area contributed by atoms with Crippen LogP contribution in [0.5, 0.6) is 0 Å². The predicted octanol–water partition coefficient (Wildman–Crippen LogP) is 2.87. The third-order valence-corrected chi connectivity index (χ3v) is 2.75. The van der Waals surface area contributed by atoms with Gasteiger partial charge in [-0.3, -0.25) is 5.41 Å². The molecule has 0 aliphatic rings. The van der Waals surface area contributed by atoms with Crippen molar-refractivity contribution in [1.82, 2.24) is 0 Å². The van der Waals surface area contributed by atoms with Gasteiger partial charge in [0.2, 0.25) is 0 Å². The molecule has 1 rings (SSSR count). The fourth-order valence-corrected chi connectivity index (χ4v) is 1.68. The van der Waals surface area contributed by atoms with Crippen molar-refractivity contribution in [3.05, 3.63) is 30.3 Å². The van der Waals surface area contributed by atoms with Gasteiger partial charge in [0, 0.05) is 25.2 Å². The minimum atomic E-state index is 0.260. The Labute approximate surface area is 104 Å². The highest BCUT2D eigenvalue weighted by molar-refractivity contribution is 5.77. The Morgan fingerprint density at radius 2 is 1.88 bits per heavy atom. The van der Waals surface area contributed by atoms with Gasteiger partial charge in [0.05, 0.1) is 5.84 Å². The number of rotatable bonds is 7. The Hall–Kier alpha value is -1.51. The number of nitrogens with two attached hydrogens (primary N) is 1. The Balaban J connectivity index is 2.61. The van der Waals surface area contributed by atoms with Crippen molar-refractivity contribution in [2.45, 2.75) is 26.7 Å². The standard InChI is InChI=1S/C14H23N3/c1-12(2)8-10-17(11-9-14(15)16)13-6-4-3-5-7-13/h3-7,12H,8-11H2,1-2H3,(H3,15,16). The lowest BCUT2D eigenvalue weighted by Gasteiger charge is -2.25. The Bertz CT molecular complexity index is 333. The maximum Gasteiger partial charge on any atom is 0.0923 e. The third kappa shape index (κ3) is 5.38. The summed E-state index contributed by atoms with van der Waals surface area (Å²) < 4.78 is 0. The summed E-state index contributed by atoms with van der Waals surface area (Å²) in [5, 5.41) is 7.32. The maximum absolute atomic E-state index is 7.32. The van der Waals surface area contributed by atoms with E-state index in [1.165, 1.54) is 5.69 Å². The fraction of sp³-hybridized carbons (Fsp3) is 0.500. The van der Waals surface area contributed by atoms with E-state index >= 15 is 0 Å². The second-order valence-corrected chi connectivity index (χ2v) is 4.78. The Kier molecular flexibility index (Phi) is 5.53. The Morgan fingerprint density at radius 3 is 2.41 bits per heavy atom. The summed E-state index contributed by atoms with van der Waals surface area (Å²) in [6.45, 7) is 6.31. The van der Waals surface area contributed by atoms with Crippen molar-refractivity contribution >= 4 is 11.5 Å². The molecule has 0 saturated carbocycles. The molecule has 1 aromatic carbocycles. The van der Waals surface area contributed by atoms with Gasteiger partial charge < -0.3 is 10.6 Å². The van der Waals surface area contributed by atoms with Gasteiger partial charge >= 0.3 is 0 Å². The van der Waals surface area contributed by atoms with E-state index in [1.807, 2.05) is 18.2 Å². The summed E-state index contributed by atoms with van der Waals surface area (Å²) >= 11 is 0. The van der Waals surface area contributed by atoms with E-state index in [-0.39, 0.29) is 5.84 Å². The summed E-state index contributed by atoms with van der Waals surface area (Å²) in [5.74, 6) is 0.953. The number of hydrogen-bond acceptors (Lipinski definition) is 2. The summed E-state index contributed by atoms with van der Waals surface area (Å²) in [4.78, 5) is 2.31. The van der Waals surface area contributed by atoms with Crippen molar-refractivity contribution in [3.8, 4) is 0 Å². The molecule has 0 bridgehead atoms. The van der Waals surface area contributed by atoms with E-state index in [4.69, 9.17) is 11.1 Å². The summed E-state index contributed by atoms with van der Waals surface area (Å²) in [6, 6.07) is 10.3. The van der Waals surface area contributed by atoms with Gasteiger partial charge in [-0.2, -0.15) is 0 Å². The molecule has 0 spiro atoms. The molecule has 0 saturated heterocycles. The average Bonchev–Trinajstić information content (AvgIpc) is 2.29. The van der Waals surface area contributed by atoms with Crippen molar-refractivity contribution in [2.75, 3.05) is 18.0 Å². The molecule has 0 aliphatic carbocycles. The average molecular weight is 233 g/mol. The number of anilines is 1. The number of hydrogen-bond donors (Lipinski definition) is 2. The molecule has 0 heterocycles. The number of para-hydroxylation sites is 1. The Morgan fingerprint density at radius 1 is 1.24 bits per heavy atom. The van der Waals surface area contributed by atoms with Crippen LogP contribution in [0.1, 0.15) is 26.7 Å². The molecule has 0 atom stereocenters. The second-order valence-electron chi connectivity index (χ2n) is 4.78. The number of benzene rings is 1. The first-order valence-corrected chi connectivity index (χ1v) is 6.22. The SMILES string of the molecule is CC(C)CCN(CCC(=N)N)c1ccccc1. The molecule has 3 nitrogen and oxygen atoms in total. The van der Waals surface area contributed by atoms with Crippen LogP contribution in [0.2, 0.25) is 0 Å². The molecular formula is C14H23N3. The van der Waals surface area contributed by atoms with Gasteiger partial charge in [-0.15, -0.1) is 0 Å². The molecule has 3 N–H and O–H groups in total. The smallest absolute Gasteiger partial charge is 0.0923 e. The van der Waals surface area contributed by atoms with Crippen LogP contribution in [-0.2, 0) is 0 Å². The van der Waals surface area contributed by atoms with Crippen LogP contribution in [-0.4, -0.2) is 18.9 Å². The molecule has 0 aromatic heterocycles. The van der Waals surface area contributed by atoms with Gasteiger partial charge in [0.25, 0.3) is 0 Å². The van der Waals surface area contributed by atoms with Crippen LogP contribution in [0.4, 0.5) is 5.69 Å². The van der Waals surface area contributed by atoms with Crippen LogP contribution >= 0.6 is 0 Å². The molecule has 1 aromatic rings. The lowest BCUT2D eigenvalue weighted by atomic mass is 10.1. The molecule has 0 unspecified atom stereocenters. The van der Waals surface area contributed by atoms with Gasteiger partial charge in [0.1, 0.15) is 0 Å². The van der Waals surface area contributed by atoms with Crippen molar-refractivity contribution < 1.29 is 0 Å². The van der Waals surface area contributed by atoms with Gasteiger partial charge in [-0.25, -0.2) is 0 Å². The minimum Gasteiger partial charge on any atom is -0.388 e. The minimum absolute atomic E-state index is 0.260. The second kappa shape index (κ2) is 6.94. The van der Waals surface area contributed by atoms with Gasteiger partial charge in [0.15, 0.2) is 0 Å². The summed E-state index contributed by atoms with van der Waals surface area (Å²) in [7, 11) is 0. The van der Waals surface area contributed by atoms with E-state index in [0.29, 0.717) is 12.3 Å². The fourth-order valence-electron chi connectivity index (χ4n) is 1.68. The first-order valence-electron chi connectivity index (χ1n) is 6.22. The number of nitrogens with one attached hydrogen (secondary N) is 1. The molecule has 0 amide bonds. The molecule has 0 fully saturated rings. The zero-order valence-corrected chi connectivity index (χ0v) is 10.8. The van der Waals surface area contributed by atoms with Crippen LogP contribution < -0.4 is 10.6 Å². The van der Waals surface area contributed by atoms with Crippen LogP contribution in [0.15, 0.2) is 30.3 Å². The lowest BCUT2D eigenvalue weighted by Crippen LogP contribution is -2.29. The van der Waals surface area contributed by atoms with E-state index in [2.05, 4.69) is 30.9 Å². The van der Waals surface area contributed by atoms with Crippen LogP contribution in [0, 0.1) is 11.3 Å². The summed E-state index contributed by atoms with van der Waals surface area (Å²) in [5.41, 5.74) is 6.65. The van der Waals surface area contributed by atoms with E-state index in [9.17, 15) is 0 Å². The molecule has 94 valence electrons. The molecule has 17 heavy (non-hydrogen) atoms.